The molecular formula is C6H15N5O. The fourth-order valence-electron chi connectivity index (χ4n) is 0.779. The molecule has 1 unspecified atom stereocenters. The van der Waals surface area contributed by atoms with E-state index in [2.05, 4.69) is 22.1 Å². The molecule has 0 saturated carbocycles. The number of nitrogens with two attached hydrogens (primary N) is 2. The fourth-order valence-corrected chi connectivity index (χ4v) is 0.779. The first-order chi connectivity index (χ1) is 5.52. The number of guanidine groups is 1. The first-order valence-corrected chi connectivity index (χ1v) is 3.62. The SMILES string of the molecule is CC1CNCC(=O)N1.N=C(N)N. The number of rotatable bonds is 0. The summed E-state index contributed by atoms with van der Waals surface area (Å²) < 4.78 is 0. The maximum atomic E-state index is 10.5. The van der Waals surface area contributed by atoms with Gasteiger partial charge < -0.3 is 22.1 Å². The Hall–Kier alpha value is -1.30. The lowest BCUT2D eigenvalue weighted by molar-refractivity contribution is -0.121. The van der Waals surface area contributed by atoms with Crippen molar-refractivity contribution in [2.24, 2.45) is 11.5 Å². The summed E-state index contributed by atoms with van der Waals surface area (Å²) in [6.45, 7) is 3.35. The average molecular weight is 173 g/mol. The Labute approximate surface area is 71.2 Å². The van der Waals surface area contributed by atoms with E-state index in [4.69, 9.17) is 5.41 Å². The molecule has 1 saturated heterocycles. The van der Waals surface area contributed by atoms with E-state index in [1.165, 1.54) is 0 Å². The molecule has 0 aromatic carbocycles. The normalized spacial score (nSPS) is 21.8. The Balaban J connectivity index is 0.000000261. The summed E-state index contributed by atoms with van der Waals surface area (Å²) in [5, 5.41) is 11.8. The molecule has 0 bridgehead atoms. The number of nitrogens with one attached hydrogen (secondary N) is 3. The van der Waals surface area contributed by atoms with Crippen LogP contribution in [0.4, 0.5) is 0 Å². The summed E-state index contributed by atoms with van der Waals surface area (Å²) in [5.41, 5.74) is 8.94. The monoisotopic (exact) mass is 173 g/mol. The van der Waals surface area contributed by atoms with Crippen molar-refractivity contribution in [2.75, 3.05) is 13.1 Å². The maximum absolute atomic E-state index is 10.5. The largest absolute Gasteiger partial charge is 0.370 e. The minimum Gasteiger partial charge on any atom is -0.370 e. The van der Waals surface area contributed by atoms with Gasteiger partial charge in [0.25, 0.3) is 0 Å². The van der Waals surface area contributed by atoms with Gasteiger partial charge in [0.2, 0.25) is 5.91 Å². The Morgan fingerprint density at radius 2 is 2.17 bits per heavy atom. The molecule has 0 aliphatic carbocycles. The van der Waals surface area contributed by atoms with Crippen molar-refractivity contribution >= 4 is 11.9 Å². The Morgan fingerprint density at radius 3 is 2.42 bits per heavy atom. The number of hydrogen-bond acceptors (Lipinski definition) is 3. The van der Waals surface area contributed by atoms with Gasteiger partial charge in [0.05, 0.1) is 6.54 Å². The van der Waals surface area contributed by atoms with Crippen molar-refractivity contribution in [1.29, 1.82) is 5.41 Å². The van der Waals surface area contributed by atoms with Crippen LogP contribution in [0, 0.1) is 5.41 Å². The van der Waals surface area contributed by atoms with Crippen LogP contribution in [0.15, 0.2) is 0 Å². The third kappa shape index (κ3) is 6.81. The Morgan fingerprint density at radius 1 is 1.67 bits per heavy atom. The lowest BCUT2D eigenvalue weighted by Gasteiger charge is -2.19. The molecule has 1 aliphatic heterocycles. The van der Waals surface area contributed by atoms with Gasteiger partial charge in [-0.25, -0.2) is 0 Å². The highest BCUT2D eigenvalue weighted by Gasteiger charge is 2.11. The van der Waals surface area contributed by atoms with Crippen LogP contribution in [0.1, 0.15) is 6.92 Å². The second kappa shape index (κ2) is 5.36. The number of carbonyl (C=O) groups excluding carboxylic acids is 1. The van der Waals surface area contributed by atoms with Gasteiger partial charge >= 0.3 is 0 Å². The van der Waals surface area contributed by atoms with E-state index < -0.39 is 0 Å². The highest BCUT2D eigenvalue weighted by Crippen LogP contribution is 1.83. The zero-order valence-corrected chi connectivity index (χ0v) is 7.05. The summed E-state index contributed by atoms with van der Waals surface area (Å²) in [4.78, 5) is 10.5. The van der Waals surface area contributed by atoms with E-state index >= 15 is 0 Å². The van der Waals surface area contributed by atoms with Crippen LogP contribution in [0.3, 0.4) is 0 Å². The van der Waals surface area contributed by atoms with Gasteiger partial charge in [-0.3, -0.25) is 10.2 Å². The van der Waals surface area contributed by atoms with E-state index in [9.17, 15) is 4.79 Å². The molecule has 0 aromatic rings. The minimum atomic E-state index is -0.333. The minimum absolute atomic E-state index is 0.101. The van der Waals surface area contributed by atoms with Crippen molar-refractivity contribution in [1.82, 2.24) is 10.6 Å². The van der Waals surface area contributed by atoms with E-state index in [1.54, 1.807) is 0 Å². The van der Waals surface area contributed by atoms with Crippen LogP contribution in [0.5, 0.6) is 0 Å². The summed E-state index contributed by atoms with van der Waals surface area (Å²) in [5.74, 6) is -0.233. The second-order valence-electron chi connectivity index (χ2n) is 2.55. The predicted molar refractivity (Wildman–Crippen MR) is 46.6 cm³/mol. The number of hydrogen-bond donors (Lipinski definition) is 5. The lowest BCUT2D eigenvalue weighted by atomic mass is 10.3. The van der Waals surface area contributed by atoms with Crippen molar-refractivity contribution in [2.45, 2.75) is 13.0 Å². The van der Waals surface area contributed by atoms with Gasteiger partial charge in [-0.05, 0) is 6.92 Å². The van der Waals surface area contributed by atoms with Crippen LogP contribution in [-0.4, -0.2) is 31.0 Å². The molecule has 7 N–H and O–H groups in total. The molecule has 1 atom stereocenters. The van der Waals surface area contributed by atoms with Crippen LogP contribution < -0.4 is 22.1 Å². The second-order valence-corrected chi connectivity index (χ2v) is 2.55. The van der Waals surface area contributed by atoms with Crippen molar-refractivity contribution in [3.8, 4) is 0 Å². The Kier molecular flexibility index (Phi) is 4.78. The predicted octanol–water partition coefficient (Wildman–Crippen LogP) is -2.07. The van der Waals surface area contributed by atoms with Gasteiger partial charge in [-0.2, -0.15) is 0 Å². The third-order valence-electron chi connectivity index (χ3n) is 1.14. The smallest absolute Gasteiger partial charge is 0.234 e. The molecule has 6 heteroatoms. The zero-order valence-electron chi connectivity index (χ0n) is 7.05. The maximum Gasteiger partial charge on any atom is 0.234 e. The summed E-state index contributed by atoms with van der Waals surface area (Å²) in [6, 6.07) is 0.302. The van der Waals surface area contributed by atoms with Crippen molar-refractivity contribution in [3.63, 3.8) is 0 Å². The molecule has 0 radical (unpaired) electrons. The van der Waals surface area contributed by atoms with Crippen LogP contribution in [-0.2, 0) is 4.79 Å². The molecule has 0 aromatic heterocycles. The van der Waals surface area contributed by atoms with Gasteiger partial charge in [0, 0.05) is 12.6 Å². The molecule has 1 amide bonds. The topological polar surface area (TPSA) is 117 Å². The molecule has 0 spiro atoms. The molecule has 1 rings (SSSR count). The summed E-state index contributed by atoms with van der Waals surface area (Å²) in [7, 11) is 0. The molecule has 1 heterocycles. The van der Waals surface area contributed by atoms with Crippen LogP contribution in [0.25, 0.3) is 0 Å². The third-order valence-corrected chi connectivity index (χ3v) is 1.14. The highest BCUT2D eigenvalue weighted by atomic mass is 16.2. The van der Waals surface area contributed by atoms with Crippen LogP contribution in [0.2, 0.25) is 0 Å². The molecular weight excluding hydrogens is 158 g/mol. The summed E-state index contributed by atoms with van der Waals surface area (Å²) in [6.07, 6.45) is 0. The first-order valence-electron chi connectivity index (χ1n) is 3.62. The number of carbonyl (C=O) groups is 1. The van der Waals surface area contributed by atoms with E-state index in [1.807, 2.05) is 6.92 Å². The molecule has 1 fully saturated rings. The standard InChI is InChI=1S/C5H10N2O.CH5N3/c1-4-2-6-3-5(8)7-4;2-1(3)4/h4,6H,2-3H2,1H3,(H,7,8);(H5,2,3,4). The Bertz CT molecular complexity index is 165. The van der Waals surface area contributed by atoms with Crippen LogP contribution >= 0.6 is 0 Å². The first kappa shape index (κ1) is 10.7. The highest BCUT2D eigenvalue weighted by molar-refractivity contribution is 5.79. The van der Waals surface area contributed by atoms with Gasteiger partial charge in [-0.15, -0.1) is 0 Å². The average Bonchev–Trinajstić information content (AvgIpc) is 1.84. The van der Waals surface area contributed by atoms with Gasteiger partial charge in [0.1, 0.15) is 0 Å². The molecule has 6 nitrogen and oxygen atoms in total. The fraction of sp³-hybridized carbons (Fsp3) is 0.667. The van der Waals surface area contributed by atoms with Crippen molar-refractivity contribution < 1.29 is 4.79 Å². The lowest BCUT2D eigenvalue weighted by Crippen LogP contribution is -2.50. The number of amides is 1. The molecule has 70 valence electrons. The number of piperazine rings is 1. The van der Waals surface area contributed by atoms with E-state index in [0.717, 1.165) is 6.54 Å². The van der Waals surface area contributed by atoms with Gasteiger partial charge in [-0.1, -0.05) is 0 Å². The van der Waals surface area contributed by atoms with E-state index in [0.29, 0.717) is 12.6 Å². The summed E-state index contributed by atoms with van der Waals surface area (Å²) >= 11 is 0. The molecule has 12 heavy (non-hydrogen) atoms. The zero-order chi connectivity index (χ0) is 9.56. The quantitative estimate of drug-likeness (QED) is 0.214. The van der Waals surface area contributed by atoms with Crippen molar-refractivity contribution in [3.05, 3.63) is 0 Å². The van der Waals surface area contributed by atoms with E-state index in [-0.39, 0.29) is 11.9 Å². The van der Waals surface area contributed by atoms with Gasteiger partial charge in [0.15, 0.2) is 5.96 Å². The molecule has 1 aliphatic rings.